The number of halogens is 3. The van der Waals surface area contributed by atoms with Gasteiger partial charge in [-0.1, -0.05) is 6.07 Å². The van der Waals surface area contributed by atoms with Crippen LogP contribution in [0.5, 0.6) is 0 Å². The molecule has 70 valence electrons. The fourth-order valence-corrected chi connectivity index (χ4v) is 0.723. The highest BCUT2D eigenvalue weighted by Gasteiger charge is 2.40. The summed E-state index contributed by atoms with van der Waals surface area (Å²) >= 11 is 0. The third-order valence-electron chi connectivity index (χ3n) is 1.26. The maximum absolute atomic E-state index is 11.8. The second-order valence-electron chi connectivity index (χ2n) is 2.27. The zero-order valence-corrected chi connectivity index (χ0v) is 6.30. The van der Waals surface area contributed by atoms with Crippen molar-refractivity contribution < 1.29 is 18.0 Å². The third kappa shape index (κ3) is 2.17. The Labute approximate surface area is 71.4 Å². The molecule has 0 aliphatic heterocycles. The summed E-state index contributed by atoms with van der Waals surface area (Å²) in [6.07, 6.45) is -4.90. The molecule has 1 aromatic rings. The molecule has 0 spiro atoms. The standard InChI is InChI=1S/C7H5F3N2O/c8-7(9,10)6(13)4-2-1-3-5(11)12-4/h1-3H,(H2,11,12). The van der Waals surface area contributed by atoms with Gasteiger partial charge < -0.3 is 5.73 Å². The molecule has 13 heavy (non-hydrogen) atoms. The Kier molecular flexibility index (Phi) is 2.22. The van der Waals surface area contributed by atoms with Crippen molar-refractivity contribution in [1.82, 2.24) is 4.98 Å². The molecule has 0 saturated carbocycles. The molecule has 0 saturated heterocycles. The van der Waals surface area contributed by atoms with Crippen molar-refractivity contribution in [3.63, 3.8) is 0 Å². The Morgan fingerprint density at radius 1 is 1.38 bits per heavy atom. The number of pyridine rings is 1. The molecule has 0 bridgehead atoms. The van der Waals surface area contributed by atoms with Gasteiger partial charge in [-0.15, -0.1) is 0 Å². The largest absolute Gasteiger partial charge is 0.456 e. The highest BCUT2D eigenvalue weighted by atomic mass is 19.4. The Morgan fingerprint density at radius 3 is 2.46 bits per heavy atom. The van der Waals surface area contributed by atoms with E-state index >= 15 is 0 Å². The van der Waals surface area contributed by atoms with E-state index in [2.05, 4.69) is 4.98 Å². The SMILES string of the molecule is Nc1cccc(C(=O)C(F)(F)F)n1. The van der Waals surface area contributed by atoms with E-state index < -0.39 is 17.7 Å². The van der Waals surface area contributed by atoms with Crippen molar-refractivity contribution in [2.75, 3.05) is 5.73 Å². The summed E-state index contributed by atoms with van der Waals surface area (Å²) < 4.78 is 35.5. The molecule has 0 fully saturated rings. The van der Waals surface area contributed by atoms with Gasteiger partial charge in [0.25, 0.3) is 5.78 Å². The van der Waals surface area contributed by atoms with Gasteiger partial charge in [0.15, 0.2) is 0 Å². The predicted octanol–water partition coefficient (Wildman–Crippen LogP) is 1.41. The molecular weight excluding hydrogens is 185 g/mol. The van der Waals surface area contributed by atoms with Crippen molar-refractivity contribution >= 4 is 11.6 Å². The lowest BCUT2D eigenvalue weighted by Gasteiger charge is -2.03. The molecule has 2 N–H and O–H groups in total. The summed E-state index contributed by atoms with van der Waals surface area (Å²) in [7, 11) is 0. The van der Waals surface area contributed by atoms with Crippen molar-refractivity contribution in [2.24, 2.45) is 0 Å². The fourth-order valence-electron chi connectivity index (χ4n) is 0.723. The van der Waals surface area contributed by atoms with E-state index in [1.165, 1.54) is 12.1 Å². The third-order valence-corrected chi connectivity index (χ3v) is 1.26. The van der Waals surface area contributed by atoms with Gasteiger partial charge in [-0.25, -0.2) is 4.98 Å². The van der Waals surface area contributed by atoms with Crippen LogP contribution in [0.2, 0.25) is 0 Å². The minimum Gasteiger partial charge on any atom is -0.384 e. The normalized spacial score (nSPS) is 11.3. The van der Waals surface area contributed by atoms with Gasteiger partial charge in [0, 0.05) is 0 Å². The van der Waals surface area contributed by atoms with Crippen LogP contribution in [0.25, 0.3) is 0 Å². The van der Waals surface area contributed by atoms with Crippen LogP contribution < -0.4 is 5.73 Å². The minimum atomic E-state index is -4.90. The average Bonchev–Trinajstić information content (AvgIpc) is 2.01. The number of carbonyl (C=O) groups is 1. The quantitative estimate of drug-likeness (QED) is 0.681. The Morgan fingerprint density at radius 2 is 2.00 bits per heavy atom. The average molecular weight is 190 g/mol. The van der Waals surface area contributed by atoms with Gasteiger partial charge in [0.05, 0.1) is 0 Å². The number of nitrogen functional groups attached to an aromatic ring is 1. The van der Waals surface area contributed by atoms with Crippen LogP contribution >= 0.6 is 0 Å². The molecule has 0 radical (unpaired) electrons. The Hall–Kier alpha value is -1.59. The van der Waals surface area contributed by atoms with Crippen LogP contribution in [0.1, 0.15) is 10.5 Å². The second kappa shape index (κ2) is 3.04. The molecule has 0 atom stereocenters. The number of nitrogens with zero attached hydrogens (tertiary/aromatic N) is 1. The fraction of sp³-hybridized carbons (Fsp3) is 0.143. The summed E-state index contributed by atoms with van der Waals surface area (Å²) in [4.78, 5) is 13.8. The molecule has 0 amide bonds. The van der Waals surface area contributed by atoms with E-state index in [4.69, 9.17) is 5.73 Å². The number of Topliss-reactive ketones (excluding diaryl/α,β-unsaturated/α-hetero) is 1. The molecule has 3 nitrogen and oxygen atoms in total. The highest BCUT2D eigenvalue weighted by Crippen LogP contribution is 2.20. The van der Waals surface area contributed by atoms with E-state index in [0.717, 1.165) is 6.07 Å². The lowest BCUT2D eigenvalue weighted by Crippen LogP contribution is -2.23. The predicted molar refractivity (Wildman–Crippen MR) is 39.0 cm³/mol. The van der Waals surface area contributed by atoms with Crippen molar-refractivity contribution in [3.05, 3.63) is 23.9 Å². The first kappa shape index (κ1) is 9.50. The molecule has 1 heterocycles. The van der Waals surface area contributed by atoms with Crippen LogP contribution in [0.4, 0.5) is 19.0 Å². The molecular formula is C7H5F3N2O. The molecule has 1 rings (SSSR count). The number of alkyl halides is 3. The summed E-state index contributed by atoms with van der Waals surface area (Å²) in [5.74, 6) is -2.10. The maximum Gasteiger partial charge on any atom is 0.456 e. The Bertz CT molecular complexity index is 335. The highest BCUT2D eigenvalue weighted by molar-refractivity contribution is 5.98. The lowest BCUT2D eigenvalue weighted by molar-refractivity contribution is -0.0888. The van der Waals surface area contributed by atoms with E-state index in [1.807, 2.05) is 0 Å². The van der Waals surface area contributed by atoms with Crippen molar-refractivity contribution in [1.29, 1.82) is 0 Å². The van der Waals surface area contributed by atoms with Crippen molar-refractivity contribution in [3.8, 4) is 0 Å². The first-order valence-electron chi connectivity index (χ1n) is 3.25. The van der Waals surface area contributed by atoms with Crippen molar-refractivity contribution in [2.45, 2.75) is 6.18 Å². The first-order valence-corrected chi connectivity index (χ1v) is 3.25. The van der Waals surface area contributed by atoms with Gasteiger partial charge in [-0.05, 0) is 12.1 Å². The van der Waals surface area contributed by atoms with Crippen LogP contribution in [0.3, 0.4) is 0 Å². The van der Waals surface area contributed by atoms with E-state index in [1.54, 1.807) is 0 Å². The van der Waals surface area contributed by atoms with Crippen LogP contribution in [0.15, 0.2) is 18.2 Å². The van der Waals surface area contributed by atoms with E-state index in [-0.39, 0.29) is 5.82 Å². The summed E-state index contributed by atoms with van der Waals surface area (Å²) in [6.45, 7) is 0. The van der Waals surface area contributed by atoms with Gasteiger partial charge >= 0.3 is 6.18 Å². The molecule has 0 aromatic carbocycles. The number of aromatic nitrogens is 1. The molecule has 1 aromatic heterocycles. The van der Waals surface area contributed by atoms with Crippen LogP contribution in [-0.2, 0) is 0 Å². The second-order valence-corrected chi connectivity index (χ2v) is 2.27. The zero-order valence-electron chi connectivity index (χ0n) is 6.30. The van der Waals surface area contributed by atoms with Gasteiger partial charge in [0.2, 0.25) is 0 Å². The number of ketones is 1. The molecule has 0 aliphatic rings. The number of hydrogen-bond acceptors (Lipinski definition) is 3. The van der Waals surface area contributed by atoms with E-state index in [0.29, 0.717) is 0 Å². The monoisotopic (exact) mass is 190 g/mol. The molecule has 0 unspecified atom stereocenters. The zero-order chi connectivity index (χ0) is 10.1. The van der Waals surface area contributed by atoms with Gasteiger partial charge in [-0.2, -0.15) is 13.2 Å². The first-order chi connectivity index (χ1) is 5.91. The number of rotatable bonds is 1. The van der Waals surface area contributed by atoms with Crippen LogP contribution in [-0.4, -0.2) is 16.9 Å². The van der Waals surface area contributed by atoms with Crippen LogP contribution in [0, 0.1) is 0 Å². The molecule has 0 aliphatic carbocycles. The maximum atomic E-state index is 11.8. The number of carbonyl (C=O) groups excluding carboxylic acids is 1. The number of nitrogens with two attached hydrogens (primary N) is 1. The molecule has 6 heteroatoms. The summed E-state index contributed by atoms with van der Waals surface area (Å²) in [5.41, 5.74) is 4.42. The van der Waals surface area contributed by atoms with E-state index in [9.17, 15) is 18.0 Å². The minimum absolute atomic E-state index is 0.116. The number of hydrogen-bond donors (Lipinski definition) is 1. The topological polar surface area (TPSA) is 56.0 Å². The lowest BCUT2D eigenvalue weighted by atomic mass is 10.2. The van der Waals surface area contributed by atoms with Gasteiger partial charge in [0.1, 0.15) is 11.5 Å². The smallest absolute Gasteiger partial charge is 0.384 e. The Balaban J connectivity index is 3.03. The number of anilines is 1. The van der Waals surface area contributed by atoms with Gasteiger partial charge in [-0.3, -0.25) is 4.79 Å². The summed E-state index contributed by atoms with van der Waals surface area (Å²) in [6, 6.07) is 3.50. The summed E-state index contributed by atoms with van der Waals surface area (Å²) in [5, 5.41) is 0.